The van der Waals surface area contributed by atoms with Crippen molar-refractivity contribution >= 4 is 5.91 Å². The van der Waals surface area contributed by atoms with Crippen LogP contribution < -0.4 is 5.32 Å². The van der Waals surface area contributed by atoms with Crippen LogP contribution >= 0.6 is 0 Å². The topological polar surface area (TPSA) is 86.1 Å². The van der Waals surface area contributed by atoms with E-state index in [-0.39, 0.29) is 11.9 Å². The summed E-state index contributed by atoms with van der Waals surface area (Å²) in [5.41, 5.74) is 0.425. The van der Waals surface area contributed by atoms with Crippen LogP contribution in [0.4, 0.5) is 0 Å². The molecule has 3 aromatic heterocycles. The Labute approximate surface area is 120 Å². The zero-order chi connectivity index (χ0) is 14.7. The fourth-order valence-electron chi connectivity index (χ4n) is 2.07. The molecule has 1 amide bonds. The van der Waals surface area contributed by atoms with Crippen molar-refractivity contribution < 1.29 is 13.7 Å². The van der Waals surface area contributed by atoms with Gasteiger partial charge in [0.25, 0.3) is 5.91 Å². The number of hydrogen-bond acceptors (Lipinski definition) is 5. The summed E-state index contributed by atoms with van der Waals surface area (Å²) in [4.78, 5) is 12.1. The Kier molecular flexibility index (Phi) is 3.55. The maximum absolute atomic E-state index is 12.1. The van der Waals surface area contributed by atoms with Gasteiger partial charge in [-0.05, 0) is 25.1 Å². The van der Waals surface area contributed by atoms with E-state index in [9.17, 15) is 4.79 Å². The molecule has 3 aromatic rings. The van der Waals surface area contributed by atoms with Crippen LogP contribution in [0.5, 0.6) is 0 Å². The fourth-order valence-corrected chi connectivity index (χ4v) is 2.07. The first-order valence-corrected chi connectivity index (χ1v) is 6.47. The number of carbonyl (C=O) groups excluding carboxylic acids is 1. The summed E-state index contributed by atoms with van der Waals surface area (Å²) in [6.07, 6.45) is 6.50. The Hall–Kier alpha value is -2.83. The summed E-state index contributed by atoms with van der Waals surface area (Å²) in [7, 11) is 0. The average Bonchev–Trinajstić information content (AvgIpc) is 3.21. The molecule has 21 heavy (non-hydrogen) atoms. The van der Waals surface area contributed by atoms with Crippen molar-refractivity contribution in [2.75, 3.05) is 6.54 Å². The number of nitrogens with one attached hydrogen (secondary N) is 1. The lowest BCUT2D eigenvalue weighted by molar-refractivity contribution is 0.0946. The lowest BCUT2D eigenvalue weighted by atomic mass is 10.2. The van der Waals surface area contributed by atoms with E-state index in [1.54, 1.807) is 30.1 Å². The van der Waals surface area contributed by atoms with Crippen LogP contribution in [0.1, 0.15) is 27.9 Å². The fraction of sp³-hybridized carbons (Fsp3) is 0.214. The molecule has 1 N–H and O–H groups in total. The van der Waals surface area contributed by atoms with Gasteiger partial charge in [-0.25, -0.2) is 0 Å². The van der Waals surface area contributed by atoms with Crippen LogP contribution in [-0.4, -0.2) is 27.4 Å². The number of furan rings is 1. The highest BCUT2D eigenvalue weighted by molar-refractivity contribution is 5.94. The molecule has 0 aliphatic carbocycles. The lowest BCUT2D eigenvalue weighted by Crippen LogP contribution is -2.31. The van der Waals surface area contributed by atoms with Crippen LogP contribution in [0, 0.1) is 6.92 Å². The van der Waals surface area contributed by atoms with Crippen LogP contribution in [-0.2, 0) is 0 Å². The highest BCUT2D eigenvalue weighted by Crippen LogP contribution is 2.17. The highest BCUT2D eigenvalue weighted by atomic mass is 16.5. The minimum atomic E-state index is -0.238. The largest absolute Gasteiger partial charge is 0.467 e. The van der Waals surface area contributed by atoms with Gasteiger partial charge in [0.05, 0.1) is 12.5 Å². The lowest BCUT2D eigenvalue weighted by Gasteiger charge is -2.16. The van der Waals surface area contributed by atoms with E-state index in [1.165, 1.54) is 6.20 Å². The molecule has 0 unspecified atom stereocenters. The number of nitrogens with zero attached hydrogens (tertiary/aromatic N) is 3. The van der Waals surface area contributed by atoms with Gasteiger partial charge in [0, 0.05) is 18.9 Å². The molecule has 0 fully saturated rings. The highest BCUT2D eigenvalue weighted by Gasteiger charge is 2.20. The summed E-state index contributed by atoms with van der Waals surface area (Å²) >= 11 is 0. The summed E-state index contributed by atoms with van der Waals surface area (Å²) in [5, 5.41) is 10.6. The number of carbonyl (C=O) groups is 1. The molecule has 7 nitrogen and oxygen atoms in total. The molecular weight excluding hydrogens is 272 g/mol. The molecule has 0 saturated carbocycles. The van der Waals surface area contributed by atoms with Gasteiger partial charge in [-0.1, -0.05) is 5.16 Å². The second-order valence-corrected chi connectivity index (χ2v) is 4.52. The Morgan fingerprint density at radius 2 is 2.38 bits per heavy atom. The summed E-state index contributed by atoms with van der Waals surface area (Å²) in [5.74, 6) is 0.972. The van der Waals surface area contributed by atoms with Crippen molar-refractivity contribution in [3.8, 4) is 0 Å². The Morgan fingerprint density at radius 1 is 1.48 bits per heavy atom. The maximum Gasteiger partial charge on any atom is 0.256 e. The van der Waals surface area contributed by atoms with Gasteiger partial charge in [0.15, 0.2) is 0 Å². The second kappa shape index (κ2) is 5.66. The molecule has 0 spiro atoms. The van der Waals surface area contributed by atoms with Crippen LogP contribution in [0.15, 0.2) is 52.0 Å². The van der Waals surface area contributed by atoms with Gasteiger partial charge in [0.1, 0.15) is 23.1 Å². The summed E-state index contributed by atoms with van der Waals surface area (Å²) < 4.78 is 12.0. The van der Waals surface area contributed by atoms with Crippen LogP contribution in [0.3, 0.4) is 0 Å². The number of rotatable bonds is 5. The van der Waals surface area contributed by atoms with Gasteiger partial charge in [-0.3, -0.25) is 9.48 Å². The number of aromatic nitrogens is 3. The van der Waals surface area contributed by atoms with E-state index in [1.807, 2.05) is 18.3 Å². The van der Waals surface area contributed by atoms with E-state index in [4.69, 9.17) is 8.94 Å². The van der Waals surface area contributed by atoms with Gasteiger partial charge >= 0.3 is 0 Å². The third-order valence-electron chi connectivity index (χ3n) is 3.17. The maximum atomic E-state index is 12.1. The molecule has 0 aliphatic rings. The van der Waals surface area contributed by atoms with Gasteiger partial charge in [-0.2, -0.15) is 5.10 Å². The molecule has 7 heteroatoms. The van der Waals surface area contributed by atoms with Gasteiger partial charge < -0.3 is 14.3 Å². The second-order valence-electron chi connectivity index (χ2n) is 4.52. The number of hydrogen-bond donors (Lipinski definition) is 1. The molecule has 0 aromatic carbocycles. The zero-order valence-electron chi connectivity index (χ0n) is 11.4. The molecule has 0 aliphatic heterocycles. The third-order valence-corrected chi connectivity index (χ3v) is 3.17. The van der Waals surface area contributed by atoms with Crippen molar-refractivity contribution in [1.82, 2.24) is 20.3 Å². The monoisotopic (exact) mass is 286 g/mol. The van der Waals surface area contributed by atoms with Crippen molar-refractivity contribution in [2.45, 2.75) is 13.0 Å². The SMILES string of the molecule is Cc1oncc1C(=O)NC[C@@H](c1ccco1)n1cccn1. The molecule has 3 heterocycles. The first kappa shape index (κ1) is 13.2. The average molecular weight is 286 g/mol. The van der Waals surface area contributed by atoms with Crippen molar-refractivity contribution in [3.05, 3.63) is 60.1 Å². The molecule has 0 saturated heterocycles. The van der Waals surface area contributed by atoms with Gasteiger partial charge in [-0.15, -0.1) is 0 Å². The van der Waals surface area contributed by atoms with Crippen molar-refractivity contribution in [1.29, 1.82) is 0 Å². The van der Waals surface area contributed by atoms with E-state index in [0.717, 1.165) is 5.76 Å². The van der Waals surface area contributed by atoms with E-state index in [0.29, 0.717) is 17.9 Å². The van der Waals surface area contributed by atoms with Crippen molar-refractivity contribution in [2.24, 2.45) is 0 Å². The zero-order valence-corrected chi connectivity index (χ0v) is 11.4. The molecule has 3 rings (SSSR count). The molecule has 1 atom stereocenters. The Bertz CT molecular complexity index is 666. The van der Waals surface area contributed by atoms with Crippen LogP contribution in [0.25, 0.3) is 0 Å². The quantitative estimate of drug-likeness (QED) is 0.772. The normalized spacial score (nSPS) is 12.2. The Morgan fingerprint density at radius 3 is 3.00 bits per heavy atom. The van der Waals surface area contributed by atoms with Crippen LogP contribution in [0.2, 0.25) is 0 Å². The van der Waals surface area contributed by atoms with Crippen molar-refractivity contribution in [3.63, 3.8) is 0 Å². The minimum Gasteiger partial charge on any atom is -0.467 e. The van der Waals surface area contributed by atoms with E-state index in [2.05, 4.69) is 15.6 Å². The predicted octanol–water partition coefficient (Wildman–Crippen LogP) is 1.79. The molecule has 0 bridgehead atoms. The number of aryl methyl sites for hydroxylation is 1. The van der Waals surface area contributed by atoms with E-state index >= 15 is 0 Å². The summed E-state index contributed by atoms with van der Waals surface area (Å²) in [6.45, 7) is 2.04. The first-order chi connectivity index (χ1) is 10.3. The third kappa shape index (κ3) is 2.71. The Balaban J connectivity index is 1.74. The standard InChI is InChI=1S/C14H14N4O3/c1-10-11(8-17-21-10)14(19)15-9-12(13-4-2-7-20-13)18-6-3-5-16-18/h2-8,12H,9H2,1H3,(H,15,19)/t12-/m0/s1. The van der Waals surface area contributed by atoms with Gasteiger partial charge in [0.2, 0.25) is 0 Å². The minimum absolute atomic E-state index is 0.209. The summed E-state index contributed by atoms with van der Waals surface area (Å²) in [6, 6.07) is 5.27. The molecule has 0 radical (unpaired) electrons. The number of amides is 1. The molecule has 108 valence electrons. The predicted molar refractivity (Wildman–Crippen MR) is 72.6 cm³/mol. The smallest absolute Gasteiger partial charge is 0.256 e. The first-order valence-electron chi connectivity index (χ1n) is 6.47. The van der Waals surface area contributed by atoms with E-state index < -0.39 is 0 Å². The molecular formula is C14H14N4O3.